The number of hydrogen-bond donors (Lipinski definition) is 1. The van der Waals surface area contributed by atoms with Crippen molar-refractivity contribution >= 4 is 5.82 Å². The highest BCUT2D eigenvalue weighted by atomic mass is 16.6. The monoisotopic (exact) mass is 150 g/mol. The highest BCUT2D eigenvalue weighted by Crippen LogP contribution is 2.10. The molecule has 4 nitrogen and oxygen atoms in total. The smallest absolute Gasteiger partial charge is 0.321 e. The molecule has 0 aliphatic heterocycles. The highest BCUT2D eigenvalue weighted by Gasteiger charge is 2.05. The molecule has 1 aromatic rings. The van der Waals surface area contributed by atoms with Gasteiger partial charge < -0.3 is 10.1 Å². The maximum Gasteiger partial charge on any atom is 0.321 e. The van der Waals surface area contributed by atoms with Gasteiger partial charge in [-0.3, -0.25) is 0 Å². The van der Waals surface area contributed by atoms with Crippen LogP contribution in [0.3, 0.4) is 0 Å². The fourth-order valence-corrected chi connectivity index (χ4v) is 0.751. The van der Waals surface area contributed by atoms with Crippen LogP contribution in [0.15, 0.2) is 12.3 Å². The number of aromatic amines is 1. The lowest BCUT2D eigenvalue weighted by molar-refractivity contribution is -0.389. The summed E-state index contributed by atoms with van der Waals surface area (Å²) in [6.07, 6.45) is 6.97. The predicted octanol–water partition coefficient (Wildman–Crippen LogP) is 1.10. The maximum absolute atomic E-state index is 10.1. The first-order valence-electron chi connectivity index (χ1n) is 2.99. The Labute approximate surface area is 63.4 Å². The lowest BCUT2D eigenvalue weighted by Gasteiger charge is -1.85. The van der Waals surface area contributed by atoms with Crippen LogP contribution >= 0.6 is 0 Å². The van der Waals surface area contributed by atoms with Gasteiger partial charge in [-0.15, -0.1) is 12.3 Å². The summed E-state index contributed by atoms with van der Waals surface area (Å²) in [4.78, 5) is 12.2. The van der Waals surface area contributed by atoms with Crippen molar-refractivity contribution < 1.29 is 4.92 Å². The van der Waals surface area contributed by atoms with E-state index < -0.39 is 4.92 Å². The third-order valence-electron chi connectivity index (χ3n) is 1.23. The first-order chi connectivity index (χ1) is 5.24. The SMILES string of the molecule is C#CCc1c[nH]c([N+](=O)[O-])c1. The Morgan fingerprint density at radius 3 is 3.00 bits per heavy atom. The summed E-state index contributed by atoms with van der Waals surface area (Å²) in [5, 5.41) is 10.1. The third-order valence-corrected chi connectivity index (χ3v) is 1.23. The number of H-pyrrole nitrogens is 1. The molecular weight excluding hydrogens is 144 g/mol. The zero-order valence-corrected chi connectivity index (χ0v) is 5.70. The van der Waals surface area contributed by atoms with Crippen molar-refractivity contribution in [2.24, 2.45) is 0 Å². The van der Waals surface area contributed by atoms with Crippen LogP contribution in [0.2, 0.25) is 0 Å². The minimum atomic E-state index is -0.486. The predicted molar refractivity (Wildman–Crippen MR) is 40.0 cm³/mol. The van der Waals surface area contributed by atoms with Crippen LogP contribution in [-0.2, 0) is 6.42 Å². The summed E-state index contributed by atoms with van der Waals surface area (Å²) in [7, 11) is 0. The molecular formula is C7H6N2O2. The molecule has 0 fully saturated rings. The molecule has 0 saturated heterocycles. The van der Waals surface area contributed by atoms with E-state index in [4.69, 9.17) is 6.42 Å². The molecule has 0 spiro atoms. The van der Waals surface area contributed by atoms with Crippen LogP contribution in [0.1, 0.15) is 5.56 Å². The Morgan fingerprint density at radius 2 is 2.55 bits per heavy atom. The Kier molecular flexibility index (Phi) is 1.93. The van der Waals surface area contributed by atoms with Gasteiger partial charge in [0.05, 0.1) is 6.20 Å². The Hall–Kier alpha value is -1.76. The fraction of sp³-hybridized carbons (Fsp3) is 0.143. The van der Waals surface area contributed by atoms with Gasteiger partial charge in [-0.2, -0.15) is 0 Å². The van der Waals surface area contributed by atoms with Crippen LogP contribution < -0.4 is 0 Å². The summed E-state index contributed by atoms with van der Waals surface area (Å²) in [5.74, 6) is 2.38. The first kappa shape index (κ1) is 7.35. The van der Waals surface area contributed by atoms with Gasteiger partial charge in [0.15, 0.2) is 0 Å². The average molecular weight is 150 g/mol. The molecule has 0 bridgehead atoms. The zero-order valence-electron chi connectivity index (χ0n) is 5.70. The number of aromatic nitrogens is 1. The van der Waals surface area contributed by atoms with Crippen molar-refractivity contribution in [3.63, 3.8) is 0 Å². The molecule has 0 aliphatic carbocycles. The van der Waals surface area contributed by atoms with Crippen molar-refractivity contribution in [2.75, 3.05) is 0 Å². The Morgan fingerprint density at radius 1 is 1.82 bits per heavy atom. The molecule has 1 rings (SSSR count). The number of rotatable bonds is 2. The van der Waals surface area contributed by atoms with Gasteiger partial charge in [0.2, 0.25) is 0 Å². The fourth-order valence-electron chi connectivity index (χ4n) is 0.751. The quantitative estimate of drug-likeness (QED) is 0.390. The molecule has 1 heterocycles. The lowest BCUT2D eigenvalue weighted by Crippen LogP contribution is -1.85. The average Bonchev–Trinajstić information content (AvgIpc) is 2.37. The Balaban J connectivity index is 2.83. The van der Waals surface area contributed by atoms with Crippen molar-refractivity contribution in [3.05, 3.63) is 27.9 Å². The van der Waals surface area contributed by atoms with E-state index in [0.29, 0.717) is 6.42 Å². The second-order valence-electron chi connectivity index (χ2n) is 2.03. The minimum Gasteiger partial charge on any atom is -0.358 e. The molecule has 1 N–H and O–H groups in total. The summed E-state index contributed by atoms with van der Waals surface area (Å²) in [6, 6.07) is 1.43. The van der Waals surface area contributed by atoms with Crippen molar-refractivity contribution in [1.82, 2.24) is 4.98 Å². The first-order valence-corrected chi connectivity index (χ1v) is 2.99. The van der Waals surface area contributed by atoms with Crippen LogP contribution in [0.25, 0.3) is 0 Å². The van der Waals surface area contributed by atoms with Crippen LogP contribution in [-0.4, -0.2) is 9.91 Å². The van der Waals surface area contributed by atoms with Crippen molar-refractivity contribution in [2.45, 2.75) is 6.42 Å². The molecule has 1 aromatic heterocycles. The van der Waals surface area contributed by atoms with Gasteiger partial charge in [0, 0.05) is 18.1 Å². The van der Waals surface area contributed by atoms with Gasteiger partial charge in [-0.05, 0) is 4.92 Å². The van der Waals surface area contributed by atoms with E-state index in [1.807, 2.05) is 0 Å². The zero-order chi connectivity index (χ0) is 8.27. The molecule has 0 amide bonds. The van der Waals surface area contributed by atoms with Crippen LogP contribution in [0.5, 0.6) is 0 Å². The number of nitro groups is 1. The summed E-state index contributed by atoms with van der Waals surface area (Å²) >= 11 is 0. The molecule has 0 aliphatic rings. The lowest BCUT2D eigenvalue weighted by atomic mass is 10.2. The molecule has 0 radical (unpaired) electrons. The van der Waals surface area contributed by atoms with Gasteiger partial charge in [-0.1, -0.05) is 0 Å². The second kappa shape index (κ2) is 2.88. The number of terminal acetylenes is 1. The second-order valence-corrected chi connectivity index (χ2v) is 2.03. The van der Waals surface area contributed by atoms with Gasteiger partial charge >= 0.3 is 5.82 Å². The number of nitrogens with one attached hydrogen (secondary N) is 1. The molecule has 0 aromatic carbocycles. The third kappa shape index (κ3) is 1.58. The maximum atomic E-state index is 10.1. The molecule has 4 heteroatoms. The topological polar surface area (TPSA) is 58.9 Å². The van der Waals surface area contributed by atoms with Crippen LogP contribution in [0, 0.1) is 22.5 Å². The standard InChI is InChI=1S/C7H6N2O2/c1-2-3-6-4-7(8-5-6)9(10)11/h1,4-5,8H,3H2. The van der Waals surface area contributed by atoms with E-state index in [0.717, 1.165) is 5.56 Å². The van der Waals surface area contributed by atoms with Crippen molar-refractivity contribution in [1.29, 1.82) is 0 Å². The van der Waals surface area contributed by atoms with Crippen molar-refractivity contribution in [3.8, 4) is 12.3 Å². The summed E-state index contributed by atoms with van der Waals surface area (Å²) < 4.78 is 0. The Bertz CT molecular complexity index is 308. The molecule has 0 atom stereocenters. The van der Waals surface area contributed by atoms with E-state index in [1.165, 1.54) is 12.3 Å². The molecule has 0 unspecified atom stereocenters. The number of nitrogens with zero attached hydrogens (tertiary/aromatic N) is 1. The van der Waals surface area contributed by atoms with Gasteiger partial charge in [0.1, 0.15) is 0 Å². The highest BCUT2D eigenvalue weighted by molar-refractivity contribution is 5.29. The van der Waals surface area contributed by atoms with E-state index in [2.05, 4.69) is 10.9 Å². The van der Waals surface area contributed by atoms with Gasteiger partial charge in [-0.25, -0.2) is 4.98 Å². The minimum absolute atomic E-state index is 0.0183. The summed E-state index contributed by atoms with van der Waals surface area (Å²) in [6.45, 7) is 0. The molecule has 56 valence electrons. The van der Waals surface area contributed by atoms with E-state index in [9.17, 15) is 10.1 Å². The molecule has 11 heavy (non-hydrogen) atoms. The number of hydrogen-bond acceptors (Lipinski definition) is 2. The largest absolute Gasteiger partial charge is 0.358 e. The van der Waals surface area contributed by atoms with Crippen LogP contribution in [0.4, 0.5) is 5.82 Å². The summed E-state index contributed by atoms with van der Waals surface area (Å²) in [5.41, 5.74) is 0.763. The normalized spacial score (nSPS) is 9.00. The van der Waals surface area contributed by atoms with Gasteiger partial charge in [0.25, 0.3) is 0 Å². The van der Waals surface area contributed by atoms with E-state index in [1.54, 1.807) is 0 Å². The molecule has 0 saturated carbocycles. The van der Waals surface area contributed by atoms with E-state index in [-0.39, 0.29) is 5.82 Å². The van der Waals surface area contributed by atoms with E-state index >= 15 is 0 Å².